The second-order valence-electron chi connectivity index (χ2n) is 7.82. The van der Waals surface area contributed by atoms with Gasteiger partial charge in [0.2, 0.25) is 0 Å². The number of hydrogen-bond acceptors (Lipinski definition) is 7. The predicted molar refractivity (Wildman–Crippen MR) is 120 cm³/mol. The van der Waals surface area contributed by atoms with E-state index in [-0.39, 0.29) is 12.6 Å². The van der Waals surface area contributed by atoms with E-state index in [4.69, 9.17) is 4.74 Å². The quantitative estimate of drug-likeness (QED) is 0.422. The normalized spacial score (nSPS) is 14.4. The molecule has 4 aromatic rings. The van der Waals surface area contributed by atoms with Crippen LogP contribution in [0.25, 0.3) is 21.3 Å². The van der Waals surface area contributed by atoms with E-state index in [1.165, 1.54) is 5.56 Å². The molecular weight excluding hydrogens is 412 g/mol. The maximum atomic E-state index is 11.2. The molecular formula is C23H20N4O3S. The summed E-state index contributed by atoms with van der Waals surface area (Å²) in [6, 6.07) is 14.4. The number of benzene rings is 2. The minimum Gasteiger partial charge on any atom is -0.481 e. The van der Waals surface area contributed by atoms with Crippen molar-refractivity contribution in [3.05, 3.63) is 60.4 Å². The Labute approximate surface area is 182 Å². The fourth-order valence-corrected chi connectivity index (χ4v) is 4.25. The molecule has 2 aromatic carbocycles. The number of thiazole rings is 1. The molecule has 5 rings (SSSR count). The first-order valence-corrected chi connectivity index (χ1v) is 10.8. The largest absolute Gasteiger partial charge is 0.481 e. The number of hydrogen-bond donors (Lipinski definition) is 2. The van der Waals surface area contributed by atoms with Gasteiger partial charge >= 0.3 is 12.0 Å². The molecule has 7 nitrogen and oxygen atoms in total. The first-order chi connectivity index (χ1) is 15.0. The third kappa shape index (κ3) is 4.06. The Kier molecular flexibility index (Phi) is 4.78. The zero-order chi connectivity index (χ0) is 21.4. The molecule has 1 aliphatic rings. The summed E-state index contributed by atoms with van der Waals surface area (Å²) in [7, 11) is 0. The summed E-state index contributed by atoms with van der Waals surface area (Å²) in [6.07, 6.45) is 4.64. The number of nitrogens with zero attached hydrogens (tertiary/aromatic N) is 3. The number of aryl methyl sites for hydroxylation is 1. The molecule has 1 saturated carbocycles. The van der Waals surface area contributed by atoms with Crippen molar-refractivity contribution < 1.29 is 14.6 Å². The van der Waals surface area contributed by atoms with Crippen LogP contribution in [0, 0.1) is 12.3 Å². The highest BCUT2D eigenvalue weighted by Crippen LogP contribution is 2.45. The lowest BCUT2D eigenvalue weighted by atomic mass is 10.1. The second kappa shape index (κ2) is 7.63. The van der Waals surface area contributed by atoms with Gasteiger partial charge < -0.3 is 15.2 Å². The number of aliphatic carboxylic acids is 1. The summed E-state index contributed by atoms with van der Waals surface area (Å²) in [4.78, 5) is 24.3. The van der Waals surface area contributed by atoms with Crippen LogP contribution in [0.1, 0.15) is 18.4 Å². The van der Waals surface area contributed by atoms with Crippen molar-refractivity contribution in [3.63, 3.8) is 0 Å². The van der Waals surface area contributed by atoms with Crippen LogP contribution in [-0.2, 0) is 4.79 Å². The van der Waals surface area contributed by atoms with Crippen molar-refractivity contribution in [2.75, 3.05) is 11.9 Å². The monoisotopic (exact) mass is 432 g/mol. The Hall–Kier alpha value is -3.52. The van der Waals surface area contributed by atoms with Gasteiger partial charge in [-0.1, -0.05) is 29.5 Å². The molecule has 1 aliphatic carbocycles. The van der Waals surface area contributed by atoms with Crippen molar-refractivity contribution in [1.29, 1.82) is 0 Å². The smallest absolute Gasteiger partial charge is 0.316 e. The number of aromatic nitrogens is 3. The van der Waals surface area contributed by atoms with Gasteiger partial charge in [0, 0.05) is 23.6 Å². The summed E-state index contributed by atoms with van der Waals surface area (Å²) >= 11 is 1.63. The molecule has 0 atom stereocenters. The van der Waals surface area contributed by atoms with Gasteiger partial charge in [-0.05, 0) is 55.2 Å². The minimum absolute atomic E-state index is 0.105. The molecule has 0 unspecified atom stereocenters. The molecule has 0 spiro atoms. The number of ether oxygens (including phenoxy) is 1. The van der Waals surface area contributed by atoms with E-state index < -0.39 is 11.4 Å². The topological polar surface area (TPSA) is 97.2 Å². The number of fused-ring (bicyclic) bond motifs is 1. The van der Waals surface area contributed by atoms with Gasteiger partial charge in [0.1, 0.15) is 12.0 Å². The summed E-state index contributed by atoms with van der Waals surface area (Å²) in [6.45, 7) is 2.18. The lowest BCUT2D eigenvalue weighted by Crippen LogP contribution is -2.23. The SMILES string of the molecule is Cc1ccc2nc(Nc3ccc(-c4cnc(OCC5(C(=O)O)CC5)nc4)cc3)sc2c1. The van der Waals surface area contributed by atoms with Crippen LogP contribution in [0.3, 0.4) is 0 Å². The maximum Gasteiger partial charge on any atom is 0.316 e. The van der Waals surface area contributed by atoms with Crippen LogP contribution in [0.2, 0.25) is 0 Å². The van der Waals surface area contributed by atoms with E-state index in [1.807, 2.05) is 30.3 Å². The molecule has 31 heavy (non-hydrogen) atoms. The first kappa shape index (κ1) is 19.4. The molecule has 0 radical (unpaired) electrons. The van der Waals surface area contributed by atoms with Crippen molar-refractivity contribution >= 4 is 38.3 Å². The van der Waals surface area contributed by atoms with Gasteiger partial charge in [-0.25, -0.2) is 15.0 Å². The number of carbonyl (C=O) groups is 1. The standard InChI is InChI=1S/C23H20N4O3S/c1-14-2-7-18-19(10-14)31-22(27-18)26-17-5-3-15(4-6-17)16-11-24-21(25-12-16)30-13-23(8-9-23)20(28)29/h2-7,10-12H,8-9,13H2,1H3,(H,26,27)(H,28,29). The van der Waals surface area contributed by atoms with E-state index in [1.54, 1.807) is 23.7 Å². The fourth-order valence-electron chi connectivity index (χ4n) is 3.27. The minimum atomic E-state index is -0.821. The number of rotatable bonds is 7. The highest BCUT2D eigenvalue weighted by atomic mass is 32.1. The molecule has 156 valence electrons. The van der Waals surface area contributed by atoms with E-state index in [9.17, 15) is 9.90 Å². The van der Waals surface area contributed by atoms with Crippen molar-refractivity contribution in [2.45, 2.75) is 19.8 Å². The Balaban J connectivity index is 1.24. The molecule has 2 aromatic heterocycles. The zero-order valence-electron chi connectivity index (χ0n) is 16.8. The summed E-state index contributed by atoms with van der Waals surface area (Å²) < 4.78 is 6.65. The Morgan fingerprint density at radius 2 is 1.87 bits per heavy atom. The third-order valence-corrected chi connectivity index (χ3v) is 6.36. The molecule has 2 heterocycles. The second-order valence-corrected chi connectivity index (χ2v) is 8.85. The highest BCUT2D eigenvalue weighted by molar-refractivity contribution is 7.22. The van der Waals surface area contributed by atoms with Gasteiger partial charge in [-0.15, -0.1) is 0 Å². The Morgan fingerprint density at radius 1 is 1.13 bits per heavy atom. The molecule has 8 heteroatoms. The van der Waals surface area contributed by atoms with Gasteiger partial charge in [0.15, 0.2) is 5.13 Å². The third-order valence-electron chi connectivity index (χ3n) is 5.43. The highest BCUT2D eigenvalue weighted by Gasteiger charge is 2.51. The zero-order valence-corrected chi connectivity index (χ0v) is 17.6. The summed E-state index contributed by atoms with van der Waals surface area (Å²) in [5.41, 5.74) is 4.23. The van der Waals surface area contributed by atoms with Gasteiger partial charge in [-0.3, -0.25) is 4.79 Å². The van der Waals surface area contributed by atoms with Crippen molar-refractivity contribution in [3.8, 4) is 17.1 Å². The van der Waals surface area contributed by atoms with E-state index in [0.29, 0.717) is 12.8 Å². The van der Waals surface area contributed by atoms with Crippen LogP contribution in [-0.4, -0.2) is 32.6 Å². The van der Waals surface area contributed by atoms with Gasteiger partial charge in [0.25, 0.3) is 0 Å². The van der Waals surface area contributed by atoms with Gasteiger partial charge in [-0.2, -0.15) is 0 Å². The molecule has 0 aliphatic heterocycles. The van der Waals surface area contributed by atoms with Crippen LogP contribution < -0.4 is 10.1 Å². The van der Waals surface area contributed by atoms with Crippen LogP contribution in [0.5, 0.6) is 6.01 Å². The van der Waals surface area contributed by atoms with E-state index in [0.717, 1.165) is 32.2 Å². The van der Waals surface area contributed by atoms with Crippen molar-refractivity contribution in [1.82, 2.24) is 15.0 Å². The molecule has 1 fully saturated rings. The van der Waals surface area contributed by atoms with Gasteiger partial charge in [0.05, 0.1) is 10.2 Å². The summed E-state index contributed by atoms with van der Waals surface area (Å²) in [5.74, 6) is -0.821. The number of anilines is 2. The Bertz CT molecular complexity index is 1250. The van der Waals surface area contributed by atoms with Crippen molar-refractivity contribution in [2.24, 2.45) is 5.41 Å². The average molecular weight is 433 g/mol. The summed E-state index contributed by atoms with van der Waals surface area (Å²) in [5, 5.41) is 13.4. The lowest BCUT2D eigenvalue weighted by molar-refractivity contribution is -0.144. The molecule has 0 saturated heterocycles. The number of nitrogens with one attached hydrogen (secondary N) is 1. The van der Waals surface area contributed by atoms with E-state index in [2.05, 4.69) is 39.3 Å². The molecule has 2 N–H and O–H groups in total. The van der Waals surface area contributed by atoms with Crippen LogP contribution >= 0.6 is 11.3 Å². The maximum absolute atomic E-state index is 11.2. The predicted octanol–water partition coefficient (Wildman–Crippen LogP) is 5.05. The molecule has 0 amide bonds. The van der Waals surface area contributed by atoms with E-state index >= 15 is 0 Å². The van der Waals surface area contributed by atoms with Crippen LogP contribution in [0.4, 0.5) is 10.8 Å². The number of carboxylic acids is 1. The first-order valence-electron chi connectivity index (χ1n) is 9.94. The average Bonchev–Trinajstić information content (AvgIpc) is 3.47. The number of carboxylic acid groups (broad SMARTS) is 1. The lowest BCUT2D eigenvalue weighted by Gasteiger charge is -2.10. The molecule has 0 bridgehead atoms. The fraction of sp³-hybridized carbons (Fsp3) is 0.217. The van der Waals surface area contributed by atoms with Crippen LogP contribution in [0.15, 0.2) is 54.9 Å². The Morgan fingerprint density at radius 3 is 2.55 bits per heavy atom.